The highest BCUT2D eigenvalue weighted by Crippen LogP contribution is 2.14. The average molecular weight is 325 g/mol. The van der Waals surface area contributed by atoms with Crippen molar-refractivity contribution in [2.24, 2.45) is 0 Å². The molecule has 2 amide bonds. The molecule has 1 aliphatic rings. The monoisotopic (exact) mass is 325 g/mol. The van der Waals surface area contributed by atoms with Crippen molar-refractivity contribution in [3.63, 3.8) is 0 Å². The third kappa shape index (κ3) is 3.30. The Balaban J connectivity index is 1.57. The summed E-state index contributed by atoms with van der Waals surface area (Å²) >= 11 is 0. The van der Waals surface area contributed by atoms with E-state index in [9.17, 15) is 13.6 Å². The highest BCUT2D eigenvalue weighted by atomic mass is 19.3. The molecule has 1 atom stereocenters. The summed E-state index contributed by atoms with van der Waals surface area (Å²) < 4.78 is 28.1. The van der Waals surface area contributed by atoms with Gasteiger partial charge in [-0.2, -0.15) is 13.9 Å². The van der Waals surface area contributed by atoms with Crippen molar-refractivity contribution in [2.75, 3.05) is 7.05 Å². The molecule has 8 nitrogen and oxygen atoms in total. The predicted octanol–water partition coefficient (Wildman–Crippen LogP) is 1.03. The number of nitrogens with one attached hydrogen (secondary N) is 1. The van der Waals surface area contributed by atoms with Crippen LogP contribution in [0.1, 0.15) is 24.6 Å². The molecular formula is C13H17F2N7O. The molecule has 124 valence electrons. The highest BCUT2D eigenvalue weighted by molar-refractivity contribution is 5.74. The molecule has 10 heteroatoms. The van der Waals surface area contributed by atoms with Crippen LogP contribution in [0.25, 0.3) is 0 Å². The number of rotatable bonds is 4. The molecular weight excluding hydrogens is 308 g/mol. The van der Waals surface area contributed by atoms with E-state index in [1.807, 2.05) is 0 Å². The van der Waals surface area contributed by atoms with Crippen LogP contribution in [-0.4, -0.2) is 48.3 Å². The van der Waals surface area contributed by atoms with Gasteiger partial charge in [0.2, 0.25) is 0 Å². The van der Waals surface area contributed by atoms with E-state index in [0.717, 1.165) is 23.2 Å². The van der Waals surface area contributed by atoms with E-state index in [1.165, 1.54) is 23.6 Å². The molecule has 0 aliphatic carbocycles. The Morgan fingerprint density at radius 1 is 1.52 bits per heavy atom. The minimum atomic E-state index is -2.67. The minimum absolute atomic E-state index is 0.00443. The maximum atomic E-state index is 12.8. The number of fused-ring (bicyclic) bond motifs is 1. The SMILES string of the molecule is CN(Cc1nccn1C(F)F)C(=O)NC1CCc2ncnn2C1. The largest absolute Gasteiger partial charge is 0.333 e. The summed E-state index contributed by atoms with van der Waals surface area (Å²) in [4.78, 5) is 21.5. The van der Waals surface area contributed by atoms with Crippen molar-refractivity contribution >= 4 is 6.03 Å². The molecule has 3 rings (SSSR count). The topological polar surface area (TPSA) is 80.9 Å². The Bertz CT molecular complexity index is 683. The molecule has 0 saturated carbocycles. The molecule has 23 heavy (non-hydrogen) atoms. The van der Waals surface area contributed by atoms with Gasteiger partial charge in [-0.15, -0.1) is 0 Å². The fourth-order valence-corrected chi connectivity index (χ4v) is 2.57. The number of carbonyl (C=O) groups excluding carboxylic acids is 1. The fourth-order valence-electron chi connectivity index (χ4n) is 2.57. The second-order valence-electron chi connectivity index (χ2n) is 5.43. The Labute approximate surface area is 131 Å². The van der Waals surface area contributed by atoms with Crippen molar-refractivity contribution in [3.05, 3.63) is 30.4 Å². The third-order valence-electron chi connectivity index (χ3n) is 3.82. The number of aryl methyl sites for hydroxylation is 1. The van der Waals surface area contributed by atoms with E-state index in [-0.39, 0.29) is 24.4 Å². The van der Waals surface area contributed by atoms with Crippen molar-refractivity contribution in [1.29, 1.82) is 0 Å². The number of hydrogen-bond donors (Lipinski definition) is 1. The number of imidazole rings is 1. The van der Waals surface area contributed by atoms with E-state index in [4.69, 9.17) is 0 Å². The number of halogens is 2. The number of nitrogens with zero attached hydrogens (tertiary/aromatic N) is 6. The van der Waals surface area contributed by atoms with Crippen LogP contribution in [0, 0.1) is 0 Å². The van der Waals surface area contributed by atoms with Gasteiger partial charge in [0.1, 0.15) is 18.0 Å². The maximum absolute atomic E-state index is 12.8. The van der Waals surface area contributed by atoms with Gasteiger partial charge >= 0.3 is 12.6 Å². The standard InChI is InChI=1S/C13H17F2N7O/c1-20(7-11-16-4-5-21(11)12(14)15)13(23)19-9-2-3-10-17-8-18-22(10)6-9/h4-5,8-9,12H,2-3,6-7H2,1H3,(H,19,23). The molecule has 0 spiro atoms. The molecule has 2 aromatic rings. The smallest absolute Gasteiger partial charge is 0.319 e. The molecule has 3 heterocycles. The summed E-state index contributed by atoms with van der Waals surface area (Å²) in [6, 6.07) is -0.392. The van der Waals surface area contributed by atoms with Crippen LogP contribution in [0.4, 0.5) is 13.6 Å². The summed E-state index contributed by atoms with van der Waals surface area (Å²) in [5.74, 6) is 1.04. The second-order valence-corrected chi connectivity index (χ2v) is 5.43. The van der Waals surface area contributed by atoms with E-state index < -0.39 is 6.55 Å². The number of hydrogen-bond acceptors (Lipinski definition) is 4. The molecule has 0 aromatic carbocycles. The van der Waals surface area contributed by atoms with Crippen LogP contribution < -0.4 is 5.32 Å². The first-order valence-corrected chi connectivity index (χ1v) is 7.22. The average Bonchev–Trinajstić information content (AvgIpc) is 3.15. The van der Waals surface area contributed by atoms with Gasteiger partial charge in [0.05, 0.1) is 19.1 Å². The van der Waals surface area contributed by atoms with Crippen molar-refractivity contribution in [1.82, 2.24) is 34.5 Å². The molecule has 0 bridgehead atoms. The Morgan fingerprint density at radius 2 is 2.35 bits per heavy atom. The Morgan fingerprint density at radius 3 is 3.13 bits per heavy atom. The van der Waals surface area contributed by atoms with Gasteiger partial charge in [-0.05, 0) is 6.42 Å². The van der Waals surface area contributed by atoms with Gasteiger partial charge in [0.25, 0.3) is 0 Å². The lowest BCUT2D eigenvalue weighted by Crippen LogP contribution is -2.46. The lowest BCUT2D eigenvalue weighted by atomic mass is 10.1. The quantitative estimate of drug-likeness (QED) is 0.910. The number of alkyl halides is 2. The zero-order chi connectivity index (χ0) is 16.4. The number of urea groups is 1. The number of amides is 2. The number of carbonyl (C=O) groups is 1. The van der Waals surface area contributed by atoms with Gasteiger partial charge in [-0.25, -0.2) is 19.4 Å². The van der Waals surface area contributed by atoms with Crippen LogP contribution in [0.2, 0.25) is 0 Å². The minimum Gasteiger partial charge on any atom is -0.333 e. The Hall–Kier alpha value is -2.52. The summed E-state index contributed by atoms with van der Waals surface area (Å²) in [6.07, 6.45) is 5.49. The summed E-state index contributed by atoms with van der Waals surface area (Å²) in [6.45, 7) is -2.11. The predicted molar refractivity (Wildman–Crippen MR) is 75.6 cm³/mol. The first-order valence-electron chi connectivity index (χ1n) is 7.22. The van der Waals surface area contributed by atoms with E-state index >= 15 is 0 Å². The third-order valence-corrected chi connectivity index (χ3v) is 3.82. The van der Waals surface area contributed by atoms with Gasteiger partial charge in [0.15, 0.2) is 0 Å². The summed E-state index contributed by atoms with van der Waals surface area (Å²) in [5, 5.41) is 6.98. The molecule has 1 aliphatic heterocycles. The first kappa shape index (κ1) is 15.4. The molecule has 0 fully saturated rings. The van der Waals surface area contributed by atoms with Gasteiger partial charge in [-0.3, -0.25) is 4.57 Å². The normalized spacial score (nSPS) is 17.1. The lowest BCUT2D eigenvalue weighted by molar-refractivity contribution is 0.0650. The second kappa shape index (κ2) is 6.31. The van der Waals surface area contributed by atoms with Gasteiger partial charge < -0.3 is 10.2 Å². The van der Waals surface area contributed by atoms with Crippen molar-refractivity contribution < 1.29 is 13.6 Å². The zero-order valence-electron chi connectivity index (χ0n) is 12.6. The van der Waals surface area contributed by atoms with Crippen LogP contribution >= 0.6 is 0 Å². The summed E-state index contributed by atoms with van der Waals surface area (Å²) in [7, 11) is 1.55. The van der Waals surface area contributed by atoms with Crippen molar-refractivity contribution in [2.45, 2.75) is 38.5 Å². The van der Waals surface area contributed by atoms with Crippen molar-refractivity contribution in [3.8, 4) is 0 Å². The molecule has 2 aromatic heterocycles. The summed E-state index contributed by atoms with van der Waals surface area (Å²) in [5.41, 5.74) is 0. The molecule has 1 N–H and O–H groups in total. The van der Waals surface area contributed by atoms with E-state index in [2.05, 4.69) is 20.4 Å². The fraction of sp³-hybridized carbons (Fsp3) is 0.538. The van der Waals surface area contributed by atoms with Crippen LogP contribution in [0.5, 0.6) is 0 Å². The van der Waals surface area contributed by atoms with Crippen LogP contribution in [0.3, 0.4) is 0 Å². The maximum Gasteiger partial charge on any atom is 0.319 e. The highest BCUT2D eigenvalue weighted by Gasteiger charge is 2.23. The van der Waals surface area contributed by atoms with E-state index in [0.29, 0.717) is 6.54 Å². The molecule has 0 radical (unpaired) electrons. The first-order chi connectivity index (χ1) is 11.0. The Kier molecular flexibility index (Phi) is 4.22. The van der Waals surface area contributed by atoms with Crippen LogP contribution in [0.15, 0.2) is 18.7 Å². The molecule has 0 saturated heterocycles. The zero-order valence-corrected chi connectivity index (χ0v) is 12.6. The number of aromatic nitrogens is 5. The van der Waals surface area contributed by atoms with Crippen LogP contribution in [-0.2, 0) is 19.5 Å². The van der Waals surface area contributed by atoms with Gasteiger partial charge in [0, 0.05) is 25.9 Å². The molecule has 1 unspecified atom stereocenters. The lowest BCUT2D eigenvalue weighted by Gasteiger charge is -2.26. The van der Waals surface area contributed by atoms with E-state index in [1.54, 1.807) is 11.7 Å². The van der Waals surface area contributed by atoms with Gasteiger partial charge in [-0.1, -0.05) is 0 Å².